The van der Waals surface area contributed by atoms with Crippen LogP contribution in [0, 0.1) is 0 Å². The van der Waals surface area contributed by atoms with Gasteiger partial charge in [0.15, 0.2) is 5.78 Å². The summed E-state index contributed by atoms with van der Waals surface area (Å²) >= 11 is 0. The van der Waals surface area contributed by atoms with Crippen LogP contribution in [0.15, 0.2) is 54.9 Å². The smallest absolute Gasteiger partial charge is 0.195 e. The molecule has 2 aromatic heterocycles. The number of rotatable bonds is 3. The van der Waals surface area contributed by atoms with E-state index in [0.717, 1.165) is 27.6 Å². The van der Waals surface area contributed by atoms with Crippen molar-refractivity contribution < 1.29 is 9.53 Å². The van der Waals surface area contributed by atoms with Crippen molar-refractivity contribution in [1.29, 1.82) is 0 Å². The molecule has 0 aliphatic heterocycles. The highest BCUT2D eigenvalue weighted by atomic mass is 16.5. The molecule has 0 bridgehead atoms. The number of aromatic nitrogens is 2. The summed E-state index contributed by atoms with van der Waals surface area (Å²) in [6.45, 7) is 0. The minimum Gasteiger partial charge on any atom is -0.497 e. The highest BCUT2D eigenvalue weighted by Crippen LogP contribution is 2.26. The van der Waals surface area contributed by atoms with E-state index in [0.29, 0.717) is 11.1 Å². The molecule has 0 saturated carbocycles. The van der Waals surface area contributed by atoms with Gasteiger partial charge in [0, 0.05) is 45.3 Å². The Balaban J connectivity index is 1.84. The van der Waals surface area contributed by atoms with Gasteiger partial charge < -0.3 is 14.7 Å². The van der Waals surface area contributed by atoms with Crippen LogP contribution in [-0.4, -0.2) is 22.9 Å². The average molecular weight is 290 g/mol. The minimum atomic E-state index is 0.00241. The molecule has 0 aliphatic rings. The Morgan fingerprint density at radius 2 is 1.86 bits per heavy atom. The Kier molecular flexibility index (Phi) is 2.76. The van der Waals surface area contributed by atoms with Gasteiger partial charge in [0.1, 0.15) is 5.75 Å². The molecule has 22 heavy (non-hydrogen) atoms. The zero-order valence-electron chi connectivity index (χ0n) is 12.0. The van der Waals surface area contributed by atoms with E-state index in [4.69, 9.17) is 4.74 Å². The van der Waals surface area contributed by atoms with Crippen molar-refractivity contribution in [2.75, 3.05) is 7.11 Å². The van der Waals surface area contributed by atoms with Gasteiger partial charge in [-0.15, -0.1) is 0 Å². The molecule has 4 heteroatoms. The maximum atomic E-state index is 12.8. The first-order valence-corrected chi connectivity index (χ1v) is 7.03. The molecule has 0 spiro atoms. The standard InChI is InChI=1S/C18H14N2O2/c1-22-13-3-5-17-14(9-13)15(10-20-17)18(21)12-2-4-16-11(8-12)6-7-19-16/h2-10,19-20H,1H3. The van der Waals surface area contributed by atoms with Gasteiger partial charge in [-0.05, 0) is 42.5 Å². The van der Waals surface area contributed by atoms with Crippen LogP contribution in [0.2, 0.25) is 0 Å². The third-order valence-electron chi connectivity index (χ3n) is 3.95. The fourth-order valence-corrected chi connectivity index (χ4v) is 2.76. The number of hydrogen-bond donors (Lipinski definition) is 2. The minimum absolute atomic E-state index is 0.00241. The predicted molar refractivity (Wildman–Crippen MR) is 86.6 cm³/mol. The molecule has 4 aromatic rings. The van der Waals surface area contributed by atoms with E-state index < -0.39 is 0 Å². The highest BCUT2D eigenvalue weighted by molar-refractivity contribution is 6.17. The summed E-state index contributed by atoms with van der Waals surface area (Å²) in [5.74, 6) is 0.741. The van der Waals surface area contributed by atoms with Crippen molar-refractivity contribution in [2.45, 2.75) is 0 Å². The number of carbonyl (C=O) groups is 1. The van der Waals surface area contributed by atoms with Gasteiger partial charge in [0.2, 0.25) is 0 Å². The Morgan fingerprint density at radius 3 is 2.73 bits per heavy atom. The van der Waals surface area contributed by atoms with Gasteiger partial charge in [-0.2, -0.15) is 0 Å². The maximum absolute atomic E-state index is 12.8. The second kappa shape index (κ2) is 4.77. The third kappa shape index (κ3) is 1.89. The normalized spacial score (nSPS) is 11.1. The van der Waals surface area contributed by atoms with Crippen molar-refractivity contribution in [3.63, 3.8) is 0 Å². The first-order valence-electron chi connectivity index (χ1n) is 7.03. The molecule has 0 aliphatic carbocycles. The molecule has 0 fully saturated rings. The number of ketones is 1. The summed E-state index contributed by atoms with van der Waals surface area (Å²) in [4.78, 5) is 19.1. The molecule has 0 saturated heterocycles. The molecule has 108 valence electrons. The molecule has 2 heterocycles. The fourth-order valence-electron chi connectivity index (χ4n) is 2.76. The molecule has 0 radical (unpaired) electrons. The van der Waals surface area contributed by atoms with E-state index in [2.05, 4.69) is 9.97 Å². The zero-order valence-corrected chi connectivity index (χ0v) is 12.0. The third-order valence-corrected chi connectivity index (χ3v) is 3.95. The van der Waals surface area contributed by atoms with E-state index in [1.54, 1.807) is 13.3 Å². The van der Waals surface area contributed by atoms with Crippen molar-refractivity contribution in [3.8, 4) is 5.75 Å². The number of methoxy groups -OCH3 is 1. The first-order chi connectivity index (χ1) is 10.8. The SMILES string of the molecule is COc1ccc2[nH]cc(C(=O)c3ccc4[nH]ccc4c3)c2c1. The number of carbonyl (C=O) groups excluding carboxylic acids is 1. The lowest BCUT2D eigenvalue weighted by atomic mass is 10.0. The second-order valence-electron chi connectivity index (χ2n) is 5.22. The number of benzene rings is 2. The number of aromatic amines is 2. The van der Waals surface area contributed by atoms with E-state index in [-0.39, 0.29) is 5.78 Å². The van der Waals surface area contributed by atoms with Crippen LogP contribution >= 0.6 is 0 Å². The Labute approximate surface area is 126 Å². The van der Waals surface area contributed by atoms with Gasteiger partial charge in [-0.1, -0.05) is 0 Å². The summed E-state index contributed by atoms with van der Waals surface area (Å²) in [6.07, 6.45) is 3.63. The van der Waals surface area contributed by atoms with Gasteiger partial charge in [0.25, 0.3) is 0 Å². The number of hydrogen-bond acceptors (Lipinski definition) is 2. The fraction of sp³-hybridized carbons (Fsp3) is 0.0556. The Bertz CT molecular complexity index is 995. The Morgan fingerprint density at radius 1 is 1.00 bits per heavy atom. The van der Waals surface area contributed by atoms with Crippen LogP contribution in [0.25, 0.3) is 21.8 Å². The number of H-pyrrole nitrogens is 2. The summed E-state index contributed by atoms with van der Waals surface area (Å²) in [7, 11) is 1.62. The highest BCUT2D eigenvalue weighted by Gasteiger charge is 2.15. The largest absolute Gasteiger partial charge is 0.497 e. The van der Waals surface area contributed by atoms with Crippen molar-refractivity contribution in [3.05, 3.63) is 66.0 Å². The molecular formula is C18H14N2O2. The molecule has 2 aromatic carbocycles. The molecule has 2 N–H and O–H groups in total. The lowest BCUT2D eigenvalue weighted by Crippen LogP contribution is -2.00. The monoisotopic (exact) mass is 290 g/mol. The van der Waals surface area contributed by atoms with Crippen LogP contribution in [0.3, 0.4) is 0 Å². The topological polar surface area (TPSA) is 57.9 Å². The van der Waals surface area contributed by atoms with Crippen LogP contribution in [0.4, 0.5) is 0 Å². The van der Waals surface area contributed by atoms with E-state index >= 15 is 0 Å². The molecule has 4 rings (SSSR count). The lowest BCUT2D eigenvalue weighted by Gasteiger charge is -2.02. The summed E-state index contributed by atoms with van der Waals surface area (Å²) in [5, 5.41) is 1.90. The predicted octanol–water partition coefficient (Wildman–Crippen LogP) is 3.89. The van der Waals surface area contributed by atoms with Crippen LogP contribution in [0.5, 0.6) is 5.75 Å². The van der Waals surface area contributed by atoms with Crippen molar-refractivity contribution in [2.24, 2.45) is 0 Å². The van der Waals surface area contributed by atoms with Crippen LogP contribution in [-0.2, 0) is 0 Å². The molecule has 4 nitrogen and oxygen atoms in total. The quantitative estimate of drug-likeness (QED) is 0.562. The van der Waals surface area contributed by atoms with E-state index in [9.17, 15) is 4.79 Å². The van der Waals surface area contributed by atoms with E-state index in [1.807, 2.05) is 48.7 Å². The summed E-state index contributed by atoms with van der Waals surface area (Å²) in [5.41, 5.74) is 3.28. The maximum Gasteiger partial charge on any atom is 0.195 e. The molecule has 0 amide bonds. The molecule has 0 unspecified atom stereocenters. The van der Waals surface area contributed by atoms with Crippen LogP contribution < -0.4 is 4.74 Å². The first kappa shape index (κ1) is 12.7. The number of ether oxygens (including phenoxy) is 1. The number of fused-ring (bicyclic) bond motifs is 2. The average Bonchev–Trinajstić information content (AvgIpc) is 3.19. The zero-order chi connectivity index (χ0) is 15.1. The van der Waals surface area contributed by atoms with Crippen molar-refractivity contribution >= 4 is 27.6 Å². The summed E-state index contributed by atoms with van der Waals surface area (Å²) < 4.78 is 5.25. The van der Waals surface area contributed by atoms with Crippen molar-refractivity contribution in [1.82, 2.24) is 9.97 Å². The molecule has 0 atom stereocenters. The van der Waals surface area contributed by atoms with Gasteiger partial charge >= 0.3 is 0 Å². The van der Waals surface area contributed by atoms with E-state index in [1.165, 1.54) is 0 Å². The Hall–Kier alpha value is -3.01. The summed E-state index contributed by atoms with van der Waals surface area (Å²) in [6, 6.07) is 13.3. The molecular weight excluding hydrogens is 276 g/mol. The number of nitrogens with one attached hydrogen (secondary N) is 2. The van der Waals surface area contributed by atoms with Crippen LogP contribution in [0.1, 0.15) is 15.9 Å². The lowest BCUT2D eigenvalue weighted by molar-refractivity contribution is 0.104. The van der Waals surface area contributed by atoms with Gasteiger partial charge in [-0.3, -0.25) is 4.79 Å². The second-order valence-corrected chi connectivity index (χ2v) is 5.22. The van der Waals surface area contributed by atoms with Gasteiger partial charge in [-0.25, -0.2) is 0 Å². The van der Waals surface area contributed by atoms with Gasteiger partial charge in [0.05, 0.1) is 7.11 Å².